The summed E-state index contributed by atoms with van der Waals surface area (Å²) in [5.74, 6) is 2.93. The average molecular weight is 387 g/mol. The van der Waals surface area contributed by atoms with Crippen LogP contribution in [0.15, 0.2) is 18.2 Å². The Balaban J connectivity index is 2.57. The van der Waals surface area contributed by atoms with Crippen molar-refractivity contribution < 1.29 is 14.2 Å². The van der Waals surface area contributed by atoms with E-state index in [9.17, 15) is 0 Å². The molecule has 1 aromatic heterocycles. The molecular formula is C23H34N2O3. The Kier molecular flexibility index (Phi) is 7.67. The van der Waals surface area contributed by atoms with Crippen molar-refractivity contribution in [3.8, 4) is 28.6 Å². The van der Waals surface area contributed by atoms with E-state index in [0.29, 0.717) is 17.7 Å². The Morgan fingerprint density at radius 3 is 2.00 bits per heavy atom. The first-order chi connectivity index (χ1) is 13.4. The van der Waals surface area contributed by atoms with E-state index in [4.69, 9.17) is 24.2 Å². The van der Waals surface area contributed by atoms with E-state index >= 15 is 0 Å². The third-order valence-electron chi connectivity index (χ3n) is 4.90. The SMILES string of the molecule is CCc1nc(-c2ccc(OC)cc2OC)c(CC)nc1OC(C(C)C)C(C)C. The fourth-order valence-corrected chi connectivity index (χ4v) is 3.44. The van der Waals surface area contributed by atoms with Crippen molar-refractivity contribution >= 4 is 0 Å². The average Bonchev–Trinajstić information content (AvgIpc) is 2.70. The molecule has 2 rings (SSSR count). The highest BCUT2D eigenvalue weighted by Gasteiger charge is 2.24. The van der Waals surface area contributed by atoms with E-state index in [-0.39, 0.29) is 6.10 Å². The van der Waals surface area contributed by atoms with Gasteiger partial charge in [-0.1, -0.05) is 41.5 Å². The predicted molar refractivity (Wildman–Crippen MR) is 113 cm³/mol. The number of nitrogens with zero attached hydrogens (tertiary/aromatic N) is 2. The van der Waals surface area contributed by atoms with E-state index in [1.165, 1.54) is 0 Å². The van der Waals surface area contributed by atoms with Crippen LogP contribution in [0.3, 0.4) is 0 Å². The van der Waals surface area contributed by atoms with E-state index in [1.807, 2.05) is 18.2 Å². The Bertz CT molecular complexity index is 780. The lowest BCUT2D eigenvalue weighted by molar-refractivity contribution is 0.0976. The summed E-state index contributed by atoms with van der Waals surface area (Å²) in [6, 6.07) is 5.77. The molecule has 0 fully saturated rings. The molecule has 0 saturated heterocycles. The molecule has 0 atom stereocenters. The van der Waals surface area contributed by atoms with Crippen LogP contribution < -0.4 is 14.2 Å². The minimum absolute atomic E-state index is 0.102. The summed E-state index contributed by atoms with van der Waals surface area (Å²) >= 11 is 0. The molecule has 5 heteroatoms. The number of hydrogen-bond donors (Lipinski definition) is 0. The molecule has 0 N–H and O–H groups in total. The number of aromatic nitrogens is 2. The molecule has 0 spiro atoms. The van der Waals surface area contributed by atoms with Crippen molar-refractivity contribution in [1.29, 1.82) is 0 Å². The van der Waals surface area contributed by atoms with Crippen molar-refractivity contribution in [3.05, 3.63) is 29.6 Å². The summed E-state index contributed by atoms with van der Waals surface area (Å²) in [6.45, 7) is 12.9. The molecule has 0 aliphatic heterocycles. The van der Waals surface area contributed by atoms with Crippen LogP contribution in [0.4, 0.5) is 0 Å². The van der Waals surface area contributed by atoms with Crippen molar-refractivity contribution in [2.45, 2.75) is 60.5 Å². The molecule has 0 saturated carbocycles. The van der Waals surface area contributed by atoms with Crippen LogP contribution in [0.1, 0.15) is 52.9 Å². The molecular weight excluding hydrogens is 352 g/mol. The number of rotatable bonds is 9. The molecule has 0 aliphatic rings. The molecule has 154 valence electrons. The van der Waals surface area contributed by atoms with Gasteiger partial charge in [0.05, 0.1) is 25.6 Å². The van der Waals surface area contributed by atoms with Crippen molar-refractivity contribution in [2.75, 3.05) is 14.2 Å². The van der Waals surface area contributed by atoms with E-state index in [0.717, 1.165) is 47.0 Å². The van der Waals surface area contributed by atoms with Crippen LogP contribution in [0.2, 0.25) is 0 Å². The highest BCUT2D eigenvalue weighted by atomic mass is 16.5. The first-order valence-electron chi connectivity index (χ1n) is 10.1. The van der Waals surface area contributed by atoms with Gasteiger partial charge in [-0.3, -0.25) is 0 Å². The lowest BCUT2D eigenvalue weighted by Crippen LogP contribution is -2.30. The van der Waals surface area contributed by atoms with Crippen LogP contribution in [0.25, 0.3) is 11.3 Å². The summed E-state index contributed by atoms with van der Waals surface area (Å²) in [4.78, 5) is 9.85. The van der Waals surface area contributed by atoms with Gasteiger partial charge >= 0.3 is 0 Å². The van der Waals surface area contributed by atoms with Crippen molar-refractivity contribution in [3.63, 3.8) is 0 Å². The predicted octanol–water partition coefficient (Wildman–Crippen LogP) is 5.35. The summed E-state index contributed by atoms with van der Waals surface area (Å²) in [6.07, 6.45) is 1.61. The van der Waals surface area contributed by atoms with Crippen LogP contribution in [0.5, 0.6) is 17.4 Å². The summed E-state index contributed by atoms with van der Waals surface area (Å²) in [7, 11) is 3.30. The second kappa shape index (κ2) is 9.76. The lowest BCUT2D eigenvalue weighted by Gasteiger charge is -2.27. The minimum atomic E-state index is 0.102. The maximum Gasteiger partial charge on any atom is 0.236 e. The van der Waals surface area contributed by atoms with Crippen LogP contribution in [0, 0.1) is 11.8 Å². The maximum atomic E-state index is 6.36. The Morgan fingerprint density at radius 2 is 1.50 bits per heavy atom. The number of hydrogen-bond acceptors (Lipinski definition) is 5. The Hall–Kier alpha value is -2.30. The summed E-state index contributed by atoms with van der Waals surface area (Å²) in [5, 5.41) is 0. The fraction of sp³-hybridized carbons (Fsp3) is 0.565. The van der Waals surface area contributed by atoms with E-state index in [1.54, 1.807) is 14.2 Å². The van der Waals surface area contributed by atoms with Gasteiger partial charge in [0.1, 0.15) is 23.3 Å². The molecule has 5 nitrogen and oxygen atoms in total. The van der Waals surface area contributed by atoms with E-state index < -0.39 is 0 Å². The van der Waals surface area contributed by atoms with E-state index in [2.05, 4.69) is 41.5 Å². The Morgan fingerprint density at radius 1 is 0.857 bits per heavy atom. The monoisotopic (exact) mass is 386 g/mol. The maximum absolute atomic E-state index is 6.36. The van der Waals surface area contributed by atoms with Crippen molar-refractivity contribution in [1.82, 2.24) is 9.97 Å². The zero-order valence-electron chi connectivity index (χ0n) is 18.5. The van der Waals surface area contributed by atoms with Crippen LogP contribution in [-0.4, -0.2) is 30.3 Å². The summed E-state index contributed by atoms with van der Waals surface area (Å²) in [5.41, 5.74) is 3.54. The first kappa shape index (κ1) is 22.0. The van der Waals surface area contributed by atoms with Gasteiger partial charge in [-0.25, -0.2) is 9.97 Å². The highest BCUT2D eigenvalue weighted by molar-refractivity contribution is 5.70. The van der Waals surface area contributed by atoms with Gasteiger partial charge in [-0.05, 0) is 36.8 Å². The number of benzene rings is 1. The topological polar surface area (TPSA) is 53.5 Å². The molecule has 0 radical (unpaired) electrons. The van der Waals surface area contributed by atoms with Crippen LogP contribution >= 0.6 is 0 Å². The number of methoxy groups -OCH3 is 2. The van der Waals surface area contributed by atoms with Crippen molar-refractivity contribution in [2.24, 2.45) is 11.8 Å². The second-order valence-corrected chi connectivity index (χ2v) is 7.61. The molecule has 0 aliphatic carbocycles. The highest BCUT2D eigenvalue weighted by Crippen LogP contribution is 2.35. The summed E-state index contributed by atoms with van der Waals surface area (Å²) < 4.78 is 17.3. The largest absolute Gasteiger partial charge is 0.497 e. The standard InChI is InChI=1S/C23H34N2O3/c1-9-18-21(17-12-11-16(26-7)13-20(17)27-8)24-19(10-2)23(25-18)28-22(14(3)4)15(5)6/h11-15,22H,9-10H2,1-8H3. The zero-order chi connectivity index (χ0) is 20.8. The number of aryl methyl sites for hydroxylation is 2. The zero-order valence-corrected chi connectivity index (χ0v) is 18.5. The lowest BCUT2D eigenvalue weighted by atomic mass is 9.96. The van der Waals surface area contributed by atoms with Gasteiger partial charge in [0.15, 0.2) is 0 Å². The van der Waals surface area contributed by atoms with Gasteiger partial charge < -0.3 is 14.2 Å². The molecule has 1 heterocycles. The Labute approximate surface area is 169 Å². The molecule has 28 heavy (non-hydrogen) atoms. The van der Waals surface area contributed by atoms with Gasteiger partial charge in [0, 0.05) is 11.6 Å². The quantitative estimate of drug-likeness (QED) is 0.582. The fourth-order valence-electron chi connectivity index (χ4n) is 3.44. The second-order valence-electron chi connectivity index (χ2n) is 7.61. The third-order valence-corrected chi connectivity index (χ3v) is 4.90. The molecule has 0 unspecified atom stereocenters. The minimum Gasteiger partial charge on any atom is -0.497 e. The van der Waals surface area contributed by atoms with Gasteiger partial charge in [-0.15, -0.1) is 0 Å². The van der Waals surface area contributed by atoms with Crippen LogP contribution in [-0.2, 0) is 12.8 Å². The third kappa shape index (κ3) is 4.75. The van der Waals surface area contributed by atoms with Gasteiger partial charge in [0.2, 0.25) is 5.88 Å². The molecule has 0 amide bonds. The normalized spacial score (nSPS) is 11.4. The first-order valence-corrected chi connectivity index (χ1v) is 10.1. The smallest absolute Gasteiger partial charge is 0.236 e. The van der Waals surface area contributed by atoms with Gasteiger partial charge in [-0.2, -0.15) is 0 Å². The molecule has 2 aromatic rings. The van der Waals surface area contributed by atoms with Gasteiger partial charge in [0.25, 0.3) is 0 Å². The molecule has 0 bridgehead atoms. The molecule has 1 aromatic carbocycles. The number of ether oxygens (including phenoxy) is 3.